The molecule has 0 bridgehead atoms. The van der Waals surface area contributed by atoms with Gasteiger partial charge in [0.15, 0.2) is 11.5 Å². The van der Waals surface area contributed by atoms with Crippen molar-refractivity contribution in [2.75, 3.05) is 26.8 Å². The Balaban J connectivity index is 1.97. The molecule has 3 rings (SSSR count). The molecule has 0 aromatic heterocycles. The van der Waals surface area contributed by atoms with Crippen LogP contribution in [0.25, 0.3) is 0 Å². The van der Waals surface area contributed by atoms with Crippen LogP contribution in [0.3, 0.4) is 0 Å². The number of benzene rings is 2. The molecule has 156 valence electrons. The van der Waals surface area contributed by atoms with Crippen LogP contribution in [0.4, 0.5) is 5.69 Å². The van der Waals surface area contributed by atoms with Crippen LogP contribution < -0.4 is 9.47 Å². The van der Waals surface area contributed by atoms with Crippen molar-refractivity contribution in [3.05, 3.63) is 42.0 Å². The largest absolute Gasteiger partial charge is 0.504 e. The standard InChI is InChI=1S/C21H26N2O5S/c1-3-28-19-11-10-17(29(25,26)23-12-5-4-6-13-23)14-18(19)22-15-16-8-7-9-20(27-2)21(16)24/h7-11,14-15,24H,3-6,12-13H2,1-2H3. The van der Waals surface area contributed by atoms with Crippen LogP contribution >= 0.6 is 0 Å². The topological polar surface area (TPSA) is 88.4 Å². The van der Waals surface area contributed by atoms with Crippen molar-refractivity contribution in [1.82, 2.24) is 4.31 Å². The number of hydrogen-bond acceptors (Lipinski definition) is 6. The summed E-state index contributed by atoms with van der Waals surface area (Å²) in [6.45, 7) is 3.34. The molecule has 2 aromatic rings. The predicted molar refractivity (Wildman–Crippen MR) is 112 cm³/mol. The second-order valence-electron chi connectivity index (χ2n) is 6.68. The molecule has 0 spiro atoms. The molecule has 0 unspecified atom stereocenters. The molecule has 1 saturated heterocycles. The van der Waals surface area contributed by atoms with Gasteiger partial charge in [0.25, 0.3) is 0 Å². The van der Waals surface area contributed by atoms with E-state index in [2.05, 4.69) is 4.99 Å². The molecule has 0 amide bonds. The van der Waals surface area contributed by atoms with Gasteiger partial charge < -0.3 is 14.6 Å². The van der Waals surface area contributed by atoms with Crippen LogP contribution in [0.2, 0.25) is 0 Å². The minimum Gasteiger partial charge on any atom is -0.504 e. The molecule has 8 heteroatoms. The average Bonchev–Trinajstić information content (AvgIpc) is 2.74. The highest BCUT2D eigenvalue weighted by atomic mass is 32.2. The summed E-state index contributed by atoms with van der Waals surface area (Å²) in [4.78, 5) is 4.59. The molecule has 0 saturated carbocycles. The summed E-state index contributed by atoms with van der Waals surface area (Å²) in [6.07, 6.45) is 4.26. The first kappa shape index (κ1) is 21.1. The van der Waals surface area contributed by atoms with Gasteiger partial charge in [0.05, 0.1) is 18.6 Å². The van der Waals surface area contributed by atoms with Gasteiger partial charge in [-0.3, -0.25) is 4.99 Å². The van der Waals surface area contributed by atoms with Gasteiger partial charge in [0.1, 0.15) is 11.4 Å². The quantitative estimate of drug-likeness (QED) is 0.692. The van der Waals surface area contributed by atoms with Gasteiger partial charge in [-0.05, 0) is 50.1 Å². The Labute approximate surface area is 171 Å². The third-order valence-corrected chi connectivity index (χ3v) is 6.67. The van der Waals surface area contributed by atoms with Crippen LogP contribution in [0.15, 0.2) is 46.3 Å². The number of phenolic OH excluding ortho intramolecular Hbond substituents is 1. The van der Waals surface area contributed by atoms with E-state index in [4.69, 9.17) is 9.47 Å². The molecule has 0 aliphatic carbocycles. The van der Waals surface area contributed by atoms with Crippen LogP contribution in [0.5, 0.6) is 17.2 Å². The number of methoxy groups -OCH3 is 1. The summed E-state index contributed by atoms with van der Waals surface area (Å²) in [5, 5.41) is 10.2. The highest BCUT2D eigenvalue weighted by molar-refractivity contribution is 7.89. The van der Waals surface area contributed by atoms with E-state index < -0.39 is 10.0 Å². The van der Waals surface area contributed by atoms with Gasteiger partial charge in [-0.25, -0.2) is 8.42 Å². The van der Waals surface area contributed by atoms with E-state index in [9.17, 15) is 13.5 Å². The summed E-state index contributed by atoms with van der Waals surface area (Å²) in [7, 11) is -2.11. The zero-order valence-electron chi connectivity index (χ0n) is 16.7. The summed E-state index contributed by atoms with van der Waals surface area (Å²) in [6, 6.07) is 9.76. The molecule has 2 aromatic carbocycles. The zero-order valence-corrected chi connectivity index (χ0v) is 17.5. The zero-order chi connectivity index (χ0) is 20.9. The maximum Gasteiger partial charge on any atom is 0.243 e. The first-order valence-corrected chi connectivity index (χ1v) is 11.1. The van der Waals surface area contributed by atoms with Gasteiger partial charge in [-0.15, -0.1) is 0 Å². The lowest BCUT2D eigenvalue weighted by Crippen LogP contribution is -2.35. The minimum absolute atomic E-state index is 0.0335. The van der Waals surface area contributed by atoms with Crippen molar-refractivity contribution < 1.29 is 23.0 Å². The summed E-state index contributed by atoms with van der Waals surface area (Å²) in [5.74, 6) is 0.776. The second kappa shape index (κ2) is 9.28. The number of para-hydroxylation sites is 1. The molecular formula is C21H26N2O5S. The van der Waals surface area contributed by atoms with E-state index in [1.54, 1.807) is 30.3 Å². The fraction of sp³-hybridized carbons (Fsp3) is 0.381. The fourth-order valence-corrected chi connectivity index (χ4v) is 4.78. The van der Waals surface area contributed by atoms with Crippen LogP contribution in [0.1, 0.15) is 31.7 Å². The summed E-state index contributed by atoms with van der Waals surface area (Å²) in [5.41, 5.74) is 0.836. The number of sulfonamides is 1. The number of ether oxygens (including phenoxy) is 2. The van der Waals surface area contributed by atoms with Crippen molar-refractivity contribution >= 4 is 21.9 Å². The van der Waals surface area contributed by atoms with Crippen LogP contribution in [0, 0.1) is 0 Å². The minimum atomic E-state index is -3.58. The second-order valence-corrected chi connectivity index (χ2v) is 8.62. The smallest absolute Gasteiger partial charge is 0.243 e. The maximum atomic E-state index is 13.0. The molecule has 1 fully saturated rings. The van der Waals surface area contributed by atoms with E-state index in [0.29, 0.717) is 42.4 Å². The fourth-order valence-electron chi connectivity index (χ4n) is 3.24. The number of aliphatic imine (C=N–C) groups is 1. The first-order chi connectivity index (χ1) is 14.0. The molecule has 0 radical (unpaired) electrons. The van der Waals surface area contributed by atoms with Crippen molar-refractivity contribution in [3.8, 4) is 17.2 Å². The van der Waals surface area contributed by atoms with Gasteiger partial charge in [-0.1, -0.05) is 12.5 Å². The summed E-state index contributed by atoms with van der Waals surface area (Å²) < 4.78 is 38.2. The van der Waals surface area contributed by atoms with E-state index in [-0.39, 0.29) is 10.6 Å². The lowest BCUT2D eigenvalue weighted by Gasteiger charge is -2.26. The first-order valence-electron chi connectivity index (χ1n) is 9.64. The molecular weight excluding hydrogens is 392 g/mol. The third kappa shape index (κ3) is 4.71. The third-order valence-electron chi connectivity index (χ3n) is 4.78. The Morgan fingerprint density at radius 2 is 1.90 bits per heavy atom. The molecule has 1 N–H and O–H groups in total. The van der Waals surface area contributed by atoms with Gasteiger partial charge in [0, 0.05) is 24.9 Å². The Bertz CT molecular complexity index is 983. The van der Waals surface area contributed by atoms with Gasteiger partial charge >= 0.3 is 0 Å². The highest BCUT2D eigenvalue weighted by Crippen LogP contribution is 2.33. The van der Waals surface area contributed by atoms with E-state index >= 15 is 0 Å². The normalized spacial score (nSPS) is 15.5. The molecule has 1 aliphatic heterocycles. The van der Waals surface area contributed by atoms with Crippen molar-refractivity contribution in [1.29, 1.82) is 0 Å². The highest BCUT2D eigenvalue weighted by Gasteiger charge is 2.26. The van der Waals surface area contributed by atoms with E-state index in [0.717, 1.165) is 19.3 Å². The summed E-state index contributed by atoms with van der Waals surface area (Å²) >= 11 is 0. The molecule has 1 aliphatic rings. The van der Waals surface area contributed by atoms with Crippen LogP contribution in [-0.2, 0) is 10.0 Å². The van der Waals surface area contributed by atoms with Gasteiger partial charge in [0.2, 0.25) is 10.0 Å². The lowest BCUT2D eigenvalue weighted by molar-refractivity contribution is 0.340. The molecule has 7 nitrogen and oxygen atoms in total. The Hall–Kier alpha value is -2.58. The Morgan fingerprint density at radius 1 is 1.14 bits per heavy atom. The number of piperidine rings is 1. The van der Waals surface area contributed by atoms with Crippen molar-refractivity contribution in [3.63, 3.8) is 0 Å². The number of phenols is 1. The van der Waals surface area contributed by atoms with E-state index in [1.807, 2.05) is 6.92 Å². The Morgan fingerprint density at radius 3 is 2.59 bits per heavy atom. The molecule has 0 atom stereocenters. The number of rotatable bonds is 7. The number of hydrogen-bond donors (Lipinski definition) is 1. The van der Waals surface area contributed by atoms with Crippen LogP contribution in [-0.4, -0.2) is 50.9 Å². The number of aromatic hydroxyl groups is 1. The maximum absolute atomic E-state index is 13.0. The Kier molecular flexibility index (Phi) is 6.76. The SMILES string of the molecule is CCOc1ccc(S(=O)(=O)N2CCCCC2)cc1N=Cc1cccc(OC)c1O. The van der Waals surface area contributed by atoms with E-state index in [1.165, 1.54) is 23.7 Å². The lowest BCUT2D eigenvalue weighted by atomic mass is 10.2. The monoisotopic (exact) mass is 418 g/mol. The number of nitrogens with zero attached hydrogens (tertiary/aromatic N) is 2. The van der Waals surface area contributed by atoms with Gasteiger partial charge in [-0.2, -0.15) is 4.31 Å². The van der Waals surface area contributed by atoms with Crippen molar-refractivity contribution in [2.45, 2.75) is 31.1 Å². The molecule has 29 heavy (non-hydrogen) atoms. The molecule has 1 heterocycles. The van der Waals surface area contributed by atoms with Crippen molar-refractivity contribution in [2.24, 2.45) is 4.99 Å². The average molecular weight is 419 g/mol. The predicted octanol–water partition coefficient (Wildman–Crippen LogP) is 3.72.